The van der Waals surface area contributed by atoms with Crippen molar-refractivity contribution in [2.45, 2.75) is 44.9 Å². The third-order valence-electron chi connectivity index (χ3n) is 2.67. The van der Waals surface area contributed by atoms with Crippen LogP contribution in [-0.4, -0.2) is 26.4 Å². The summed E-state index contributed by atoms with van der Waals surface area (Å²) >= 11 is 0. The van der Waals surface area contributed by atoms with Gasteiger partial charge in [0.1, 0.15) is 0 Å². The van der Waals surface area contributed by atoms with Crippen molar-refractivity contribution in [3.8, 4) is 0 Å². The van der Waals surface area contributed by atoms with Crippen molar-refractivity contribution < 1.29 is 9.47 Å². The molecule has 0 aromatic rings. The zero-order chi connectivity index (χ0) is 10.6. The Morgan fingerprint density at radius 3 is 1.40 bits per heavy atom. The van der Waals surface area contributed by atoms with Gasteiger partial charge in [-0.2, -0.15) is 0 Å². The molecule has 0 aromatic carbocycles. The van der Waals surface area contributed by atoms with Gasteiger partial charge in [0, 0.05) is 13.2 Å². The molecule has 1 rings (SSSR count). The maximum absolute atomic E-state index is 5.47. The summed E-state index contributed by atoms with van der Waals surface area (Å²) in [5.41, 5.74) is 0. The normalized spacial score (nSPS) is 22.9. The topological polar surface area (TPSA) is 18.5 Å². The zero-order valence-electron chi connectivity index (χ0n) is 9.75. The van der Waals surface area contributed by atoms with Crippen LogP contribution in [0.4, 0.5) is 0 Å². The second kappa shape index (κ2) is 10.2. The molecule has 1 aliphatic rings. The van der Waals surface area contributed by atoms with Crippen molar-refractivity contribution >= 4 is 0 Å². The quantitative estimate of drug-likeness (QED) is 0.573. The van der Waals surface area contributed by atoms with Crippen LogP contribution in [0.3, 0.4) is 0 Å². The maximum atomic E-state index is 5.47. The van der Waals surface area contributed by atoms with Gasteiger partial charge in [0.2, 0.25) is 0 Å². The first-order valence-electron chi connectivity index (χ1n) is 6.30. The van der Waals surface area contributed by atoms with E-state index in [1.807, 2.05) is 0 Å². The zero-order valence-corrected chi connectivity index (χ0v) is 9.75. The first-order chi connectivity index (χ1) is 7.50. The minimum Gasteiger partial charge on any atom is -0.377 e. The molecule has 2 heteroatoms. The Morgan fingerprint density at radius 1 is 0.533 bits per heavy atom. The van der Waals surface area contributed by atoms with Gasteiger partial charge in [0.05, 0.1) is 13.2 Å². The van der Waals surface area contributed by atoms with E-state index in [0.717, 1.165) is 26.4 Å². The van der Waals surface area contributed by atoms with Crippen LogP contribution in [0.1, 0.15) is 44.9 Å². The third-order valence-corrected chi connectivity index (χ3v) is 2.67. The van der Waals surface area contributed by atoms with E-state index in [-0.39, 0.29) is 0 Å². The number of hydrogen-bond acceptors (Lipinski definition) is 2. The molecule has 15 heavy (non-hydrogen) atoms. The Balaban J connectivity index is 2.08. The van der Waals surface area contributed by atoms with E-state index in [4.69, 9.17) is 9.47 Å². The molecule has 0 unspecified atom stereocenters. The number of rotatable bonds is 0. The molecule has 0 aliphatic carbocycles. The molecule has 0 amide bonds. The maximum Gasteiger partial charge on any atom is 0.0648 e. The van der Waals surface area contributed by atoms with E-state index in [9.17, 15) is 0 Å². The van der Waals surface area contributed by atoms with Gasteiger partial charge in [-0.3, -0.25) is 0 Å². The van der Waals surface area contributed by atoms with E-state index in [2.05, 4.69) is 12.2 Å². The fourth-order valence-corrected chi connectivity index (χ4v) is 1.73. The Labute approximate surface area is 93.7 Å². The van der Waals surface area contributed by atoms with Crippen molar-refractivity contribution in [1.29, 1.82) is 0 Å². The van der Waals surface area contributed by atoms with Gasteiger partial charge >= 0.3 is 0 Å². The summed E-state index contributed by atoms with van der Waals surface area (Å²) in [4.78, 5) is 0. The van der Waals surface area contributed by atoms with Crippen LogP contribution in [0.25, 0.3) is 0 Å². The van der Waals surface area contributed by atoms with Gasteiger partial charge in [0.15, 0.2) is 0 Å². The summed E-state index contributed by atoms with van der Waals surface area (Å²) in [6.45, 7) is 3.29. The van der Waals surface area contributed by atoms with Crippen molar-refractivity contribution in [1.82, 2.24) is 0 Å². The number of ether oxygens (including phenoxy) is 2. The monoisotopic (exact) mass is 212 g/mol. The van der Waals surface area contributed by atoms with E-state index in [1.54, 1.807) is 0 Å². The van der Waals surface area contributed by atoms with Crippen molar-refractivity contribution in [2.24, 2.45) is 0 Å². The highest BCUT2D eigenvalue weighted by Crippen LogP contribution is 2.07. The first-order valence-corrected chi connectivity index (χ1v) is 6.30. The smallest absolute Gasteiger partial charge is 0.0648 e. The van der Waals surface area contributed by atoms with Crippen LogP contribution in [-0.2, 0) is 9.47 Å². The molecule has 0 aromatic heterocycles. The SMILES string of the molecule is C1=CCOCCCCCCCCCOC1. The molecule has 0 bridgehead atoms. The molecule has 0 saturated heterocycles. The molecule has 1 heterocycles. The van der Waals surface area contributed by atoms with Crippen molar-refractivity contribution in [2.75, 3.05) is 26.4 Å². The third kappa shape index (κ3) is 8.64. The van der Waals surface area contributed by atoms with Crippen LogP contribution >= 0.6 is 0 Å². The fourth-order valence-electron chi connectivity index (χ4n) is 1.73. The lowest BCUT2D eigenvalue weighted by Gasteiger charge is -2.02. The molecule has 0 saturated carbocycles. The predicted octanol–water partition coefficient (Wildman–Crippen LogP) is 3.32. The Hall–Kier alpha value is -0.340. The Morgan fingerprint density at radius 2 is 0.933 bits per heavy atom. The van der Waals surface area contributed by atoms with Gasteiger partial charge in [-0.05, 0) is 12.8 Å². The summed E-state index contributed by atoms with van der Waals surface area (Å²) in [7, 11) is 0. The standard InChI is InChI=1S/C13H24O2/c1-2-4-6-10-14-12-8-9-13-15-11-7-5-3-1/h8-9H,1-7,10-13H2. The minimum atomic E-state index is 0.739. The van der Waals surface area contributed by atoms with E-state index < -0.39 is 0 Å². The van der Waals surface area contributed by atoms with Gasteiger partial charge in [-0.25, -0.2) is 0 Å². The summed E-state index contributed by atoms with van der Waals surface area (Å²) in [6.07, 6.45) is 13.3. The lowest BCUT2D eigenvalue weighted by molar-refractivity contribution is 0.150. The van der Waals surface area contributed by atoms with Gasteiger partial charge in [0.25, 0.3) is 0 Å². The molecule has 0 spiro atoms. The highest BCUT2D eigenvalue weighted by atomic mass is 16.5. The molecule has 2 nitrogen and oxygen atoms in total. The highest BCUT2D eigenvalue weighted by Gasteiger charge is 1.93. The van der Waals surface area contributed by atoms with Gasteiger partial charge in [-0.15, -0.1) is 0 Å². The molecule has 0 atom stereocenters. The molecule has 88 valence electrons. The van der Waals surface area contributed by atoms with Crippen LogP contribution in [0.2, 0.25) is 0 Å². The summed E-state index contributed by atoms with van der Waals surface area (Å²) < 4.78 is 10.9. The highest BCUT2D eigenvalue weighted by molar-refractivity contribution is 4.81. The number of hydrogen-bond donors (Lipinski definition) is 0. The summed E-state index contributed by atoms with van der Waals surface area (Å²) in [5.74, 6) is 0. The van der Waals surface area contributed by atoms with Gasteiger partial charge in [-0.1, -0.05) is 44.3 Å². The largest absolute Gasteiger partial charge is 0.377 e. The molecule has 0 radical (unpaired) electrons. The predicted molar refractivity (Wildman–Crippen MR) is 63.1 cm³/mol. The van der Waals surface area contributed by atoms with Crippen LogP contribution < -0.4 is 0 Å². The van der Waals surface area contributed by atoms with Crippen LogP contribution in [0.5, 0.6) is 0 Å². The van der Waals surface area contributed by atoms with Crippen LogP contribution in [0, 0.1) is 0 Å². The minimum absolute atomic E-state index is 0.739. The Bertz CT molecular complexity index is 139. The van der Waals surface area contributed by atoms with E-state index in [1.165, 1.54) is 44.9 Å². The molecular weight excluding hydrogens is 188 g/mol. The fraction of sp³-hybridized carbons (Fsp3) is 0.846. The van der Waals surface area contributed by atoms with E-state index in [0.29, 0.717) is 0 Å². The average Bonchev–Trinajstić information content (AvgIpc) is 2.27. The lowest BCUT2D eigenvalue weighted by Crippen LogP contribution is -1.96. The van der Waals surface area contributed by atoms with Crippen molar-refractivity contribution in [3.63, 3.8) is 0 Å². The van der Waals surface area contributed by atoms with Crippen LogP contribution in [0.15, 0.2) is 12.2 Å². The molecule has 1 aliphatic heterocycles. The molecule has 0 fully saturated rings. The molecule has 0 N–H and O–H groups in total. The first kappa shape index (κ1) is 12.7. The lowest BCUT2D eigenvalue weighted by atomic mass is 10.1. The average molecular weight is 212 g/mol. The summed E-state index contributed by atoms with van der Waals surface area (Å²) in [6, 6.07) is 0. The van der Waals surface area contributed by atoms with E-state index >= 15 is 0 Å². The Kier molecular flexibility index (Phi) is 8.64. The molecular formula is C13H24O2. The van der Waals surface area contributed by atoms with Crippen molar-refractivity contribution in [3.05, 3.63) is 12.2 Å². The van der Waals surface area contributed by atoms with Gasteiger partial charge < -0.3 is 9.47 Å². The second-order valence-electron chi connectivity index (χ2n) is 4.10. The second-order valence-corrected chi connectivity index (χ2v) is 4.10. The summed E-state index contributed by atoms with van der Waals surface area (Å²) in [5, 5.41) is 0.